The van der Waals surface area contributed by atoms with Gasteiger partial charge in [0.2, 0.25) is 0 Å². The van der Waals surface area contributed by atoms with Gasteiger partial charge in [-0.25, -0.2) is 4.99 Å². The number of hydrogen-bond acceptors (Lipinski definition) is 4. The first-order valence-electron chi connectivity index (χ1n) is 13.2. The maximum atomic E-state index is 13.7. The highest BCUT2D eigenvalue weighted by Crippen LogP contribution is 2.47. The molecule has 1 aromatic heterocycles. The van der Waals surface area contributed by atoms with E-state index >= 15 is 0 Å². The highest BCUT2D eigenvalue weighted by molar-refractivity contribution is 7.18. The molecule has 0 bridgehead atoms. The van der Waals surface area contributed by atoms with Crippen molar-refractivity contribution in [3.8, 4) is 0 Å². The number of nitrogens with one attached hydrogen (secondary N) is 1. The van der Waals surface area contributed by atoms with E-state index in [2.05, 4.69) is 33.0 Å². The van der Waals surface area contributed by atoms with Crippen LogP contribution in [0.3, 0.4) is 0 Å². The number of rotatable bonds is 8. The predicted molar refractivity (Wildman–Crippen MR) is 149 cm³/mol. The monoisotopic (exact) mass is 527 g/mol. The van der Waals surface area contributed by atoms with Gasteiger partial charge < -0.3 is 10.2 Å². The number of nitrogens with zero attached hydrogens (tertiary/aromatic N) is 2. The first kappa shape index (κ1) is 26.9. The minimum absolute atomic E-state index is 0.00893. The average Bonchev–Trinajstić information content (AvgIpc) is 3.39. The van der Waals surface area contributed by atoms with Crippen LogP contribution in [0.25, 0.3) is 0 Å². The van der Waals surface area contributed by atoms with E-state index in [4.69, 9.17) is 16.6 Å². The van der Waals surface area contributed by atoms with Crippen LogP contribution in [0.4, 0.5) is 0 Å². The van der Waals surface area contributed by atoms with Crippen molar-refractivity contribution in [3.63, 3.8) is 0 Å². The SMILES string of the molecule is CCCCNC(=O)c1ccc(CCN2C(=O)C(c3ccc(Cl)s3)=NC23CCC(C(C)(C)C)CC3)cc1. The van der Waals surface area contributed by atoms with E-state index in [1.165, 1.54) is 11.3 Å². The van der Waals surface area contributed by atoms with Gasteiger partial charge in [-0.05, 0) is 79.7 Å². The molecule has 2 amide bonds. The van der Waals surface area contributed by atoms with Gasteiger partial charge in [-0.3, -0.25) is 9.59 Å². The van der Waals surface area contributed by atoms with E-state index in [1.54, 1.807) is 0 Å². The number of benzene rings is 1. The number of thiophene rings is 1. The van der Waals surface area contributed by atoms with Crippen LogP contribution in [-0.2, 0) is 11.2 Å². The fourth-order valence-electron chi connectivity index (χ4n) is 5.42. The molecule has 1 N–H and O–H groups in total. The van der Waals surface area contributed by atoms with Gasteiger partial charge in [0, 0.05) is 18.7 Å². The molecule has 1 aromatic carbocycles. The summed E-state index contributed by atoms with van der Waals surface area (Å²) < 4.78 is 0.670. The fourth-order valence-corrected chi connectivity index (χ4v) is 6.44. The maximum absolute atomic E-state index is 13.7. The van der Waals surface area contributed by atoms with Gasteiger partial charge in [0.25, 0.3) is 11.8 Å². The van der Waals surface area contributed by atoms with E-state index < -0.39 is 5.66 Å². The lowest BCUT2D eigenvalue weighted by atomic mass is 9.69. The number of carbonyl (C=O) groups is 2. The van der Waals surface area contributed by atoms with Crippen molar-refractivity contribution in [2.45, 2.75) is 78.3 Å². The summed E-state index contributed by atoms with van der Waals surface area (Å²) in [6, 6.07) is 11.5. The quantitative estimate of drug-likeness (QED) is 0.386. The second kappa shape index (κ2) is 11.1. The Morgan fingerprint density at radius 2 is 1.86 bits per heavy atom. The Morgan fingerprint density at radius 3 is 2.44 bits per heavy atom. The fraction of sp³-hybridized carbons (Fsp3) is 0.552. The number of unbranched alkanes of at least 4 members (excludes halogenated alkanes) is 1. The molecule has 0 radical (unpaired) electrons. The Morgan fingerprint density at radius 1 is 1.17 bits per heavy atom. The molecule has 36 heavy (non-hydrogen) atoms. The topological polar surface area (TPSA) is 61.8 Å². The van der Waals surface area contributed by atoms with E-state index in [-0.39, 0.29) is 17.2 Å². The van der Waals surface area contributed by atoms with Crippen LogP contribution in [0.1, 0.15) is 87.0 Å². The molecule has 1 aliphatic carbocycles. The molecule has 2 heterocycles. The van der Waals surface area contributed by atoms with Crippen molar-refractivity contribution < 1.29 is 9.59 Å². The van der Waals surface area contributed by atoms with Crippen molar-refractivity contribution in [2.24, 2.45) is 16.3 Å². The Kier molecular flexibility index (Phi) is 8.25. The molecule has 1 fully saturated rings. The zero-order chi connectivity index (χ0) is 25.9. The Balaban J connectivity index is 1.48. The van der Waals surface area contributed by atoms with Gasteiger partial charge in [0.1, 0.15) is 11.4 Å². The van der Waals surface area contributed by atoms with E-state index in [0.717, 1.165) is 55.4 Å². The van der Waals surface area contributed by atoms with Gasteiger partial charge in [-0.15, -0.1) is 11.3 Å². The number of halogens is 1. The van der Waals surface area contributed by atoms with Crippen LogP contribution >= 0.6 is 22.9 Å². The molecule has 1 saturated carbocycles. The zero-order valence-electron chi connectivity index (χ0n) is 21.9. The molecular formula is C29H38ClN3O2S. The molecule has 1 aliphatic heterocycles. The lowest BCUT2D eigenvalue weighted by molar-refractivity contribution is -0.129. The largest absolute Gasteiger partial charge is 0.352 e. The average molecular weight is 528 g/mol. The van der Waals surface area contributed by atoms with Crippen LogP contribution in [0.15, 0.2) is 41.4 Å². The zero-order valence-corrected chi connectivity index (χ0v) is 23.5. The van der Waals surface area contributed by atoms with Gasteiger partial charge >= 0.3 is 0 Å². The summed E-state index contributed by atoms with van der Waals surface area (Å²) >= 11 is 7.61. The summed E-state index contributed by atoms with van der Waals surface area (Å²) in [6.07, 6.45) is 6.67. The molecule has 7 heteroatoms. The summed E-state index contributed by atoms with van der Waals surface area (Å²) in [5.74, 6) is 0.605. The number of aliphatic imine (C=N–C) groups is 1. The molecular weight excluding hydrogens is 490 g/mol. The minimum atomic E-state index is -0.469. The summed E-state index contributed by atoms with van der Waals surface area (Å²) in [7, 11) is 0. The van der Waals surface area contributed by atoms with Crippen LogP contribution in [0, 0.1) is 11.3 Å². The third-order valence-electron chi connectivity index (χ3n) is 7.74. The first-order chi connectivity index (χ1) is 17.1. The lowest BCUT2D eigenvalue weighted by Gasteiger charge is -2.45. The molecule has 194 valence electrons. The molecule has 5 nitrogen and oxygen atoms in total. The molecule has 4 rings (SSSR count). The van der Waals surface area contributed by atoms with Crippen molar-refractivity contribution in [1.29, 1.82) is 0 Å². The number of carbonyl (C=O) groups excluding carboxylic acids is 2. The Bertz CT molecular complexity index is 1110. The van der Waals surface area contributed by atoms with Crippen molar-refractivity contribution in [1.82, 2.24) is 10.2 Å². The van der Waals surface area contributed by atoms with Crippen molar-refractivity contribution >= 4 is 40.5 Å². The second-order valence-electron chi connectivity index (χ2n) is 11.2. The van der Waals surface area contributed by atoms with E-state index in [0.29, 0.717) is 34.6 Å². The summed E-state index contributed by atoms with van der Waals surface area (Å²) in [4.78, 5) is 34.0. The second-order valence-corrected chi connectivity index (χ2v) is 12.9. The van der Waals surface area contributed by atoms with Gasteiger partial charge in [0.15, 0.2) is 0 Å². The van der Waals surface area contributed by atoms with Gasteiger partial charge in [0.05, 0.1) is 9.21 Å². The van der Waals surface area contributed by atoms with Crippen LogP contribution in [0.2, 0.25) is 4.34 Å². The third-order valence-corrected chi connectivity index (χ3v) is 8.98. The summed E-state index contributed by atoms with van der Waals surface area (Å²) in [5.41, 5.74) is 2.13. The van der Waals surface area contributed by atoms with E-state index in [1.807, 2.05) is 41.3 Å². The molecule has 2 aliphatic rings. The minimum Gasteiger partial charge on any atom is -0.352 e. The first-order valence-corrected chi connectivity index (χ1v) is 14.4. The smallest absolute Gasteiger partial charge is 0.275 e. The Labute approximate surface area is 224 Å². The normalized spacial score (nSPS) is 22.2. The number of amides is 2. The van der Waals surface area contributed by atoms with Gasteiger partial charge in [-0.1, -0.05) is 57.8 Å². The lowest BCUT2D eigenvalue weighted by Crippen LogP contribution is -2.50. The standard InChI is InChI=1S/C29H38ClN3O2S/c1-5-6-18-31-26(34)21-9-7-20(8-10-21)15-19-33-27(35)25(23-11-12-24(30)36-23)32-29(33)16-13-22(14-17-29)28(2,3)4/h7-12,22H,5-6,13-19H2,1-4H3,(H,31,34). The van der Waals surface area contributed by atoms with Crippen LogP contribution < -0.4 is 5.32 Å². The summed E-state index contributed by atoms with van der Waals surface area (Å²) in [5, 5.41) is 2.96. The van der Waals surface area contributed by atoms with Gasteiger partial charge in [-0.2, -0.15) is 0 Å². The van der Waals surface area contributed by atoms with Crippen molar-refractivity contribution in [3.05, 3.63) is 56.7 Å². The molecule has 2 aromatic rings. The predicted octanol–water partition coefficient (Wildman–Crippen LogP) is 6.74. The van der Waals surface area contributed by atoms with Crippen LogP contribution in [0.5, 0.6) is 0 Å². The van der Waals surface area contributed by atoms with Crippen molar-refractivity contribution in [2.75, 3.05) is 13.1 Å². The summed E-state index contributed by atoms with van der Waals surface area (Å²) in [6.45, 7) is 10.3. The van der Waals surface area contributed by atoms with E-state index in [9.17, 15) is 9.59 Å². The molecule has 0 atom stereocenters. The third kappa shape index (κ3) is 5.86. The van der Waals surface area contributed by atoms with Crippen LogP contribution in [-0.4, -0.2) is 41.2 Å². The highest BCUT2D eigenvalue weighted by atomic mass is 35.5. The highest BCUT2D eigenvalue weighted by Gasteiger charge is 2.50. The Hall–Kier alpha value is -2.18. The number of hydrogen-bond donors (Lipinski definition) is 1. The molecule has 1 spiro atoms. The maximum Gasteiger partial charge on any atom is 0.275 e. The molecule has 0 unspecified atom stereocenters. The molecule has 0 saturated heterocycles.